The molecular formula is C11H12O2. The highest BCUT2D eigenvalue weighted by molar-refractivity contribution is 5.39. The van der Waals surface area contributed by atoms with E-state index in [2.05, 4.69) is 11.8 Å². The van der Waals surface area contributed by atoms with Crippen LogP contribution in [0.3, 0.4) is 0 Å². The second-order valence-electron chi connectivity index (χ2n) is 2.51. The smallest absolute Gasteiger partial charge is 0.120 e. The summed E-state index contributed by atoms with van der Waals surface area (Å²) >= 11 is 0. The number of hydrogen-bond acceptors (Lipinski definition) is 2. The number of aliphatic hydroxyl groups is 1. The van der Waals surface area contributed by atoms with Gasteiger partial charge in [-0.3, -0.25) is 0 Å². The third-order valence-electron chi connectivity index (χ3n) is 1.54. The zero-order valence-corrected chi connectivity index (χ0v) is 7.58. The molecule has 0 unspecified atom stereocenters. The molecular weight excluding hydrogens is 164 g/mol. The minimum absolute atomic E-state index is 0.108. The van der Waals surface area contributed by atoms with Crippen molar-refractivity contribution in [2.75, 3.05) is 13.7 Å². The molecule has 1 N–H and O–H groups in total. The third-order valence-corrected chi connectivity index (χ3v) is 1.54. The van der Waals surface area contributed by atoms with Crippen LogP contribution in [0.5, 0.6) is 5.75 Å². The molecule has 1 aromatic rings. The van der Waals surface area contributed by atoms with Crippen LogP contribution in [0.1, 0.15) is 12.0 Å². The predicted molar refractivity (Wildman–Crippen MR) is 51.6 cm³/mol. The fourth-order valence-corrected chi connectivity index (χ4v) is 0.921. The molecule has 0 atom stereocenters. The van der Waals surface area contributed by atoms with Crippen molar-refractivity contribution in [1.29, 1.82) is 0 Å². The summed E-state index contributed by atoms with van der Waals surface area (Å²) in [6.45, 7) is 0.108. The zero-order chi connectivity index (χ0) is 9.52. The molecule has 0 aromatic heterocycles. The molecule has 2 heteroatoms. The first-order valence-electron chi connectivity index (χ1n) is 4.10. The van der Waals surface area contributed by atoms with Gasteiger partial charge in [-0.1, -0.05) is 17.9 Å². The van der Waals surface area contributed by atoms with Gasteiger partial charge in [-0.25, -0.2) is 0 Å². The Balaban J connectivity index is 2.73. The fraction of sp³-hybridized carbons (Fsp3) is 0.273. The Labute approximate surface area is 78.2 Å². The number of ether oxygens (including phenoxy) is 1. The molecule has 0 aliphatic carbocycles. The lowest BCUT2D eigenvalue weighted by atomic mass is 10.2. The Kier molecular flexibility index (Phi) is 3.87. The standard InChI is InChI=1S/C11H12O2/c1-13-11-7-4-6-10(9-11)5-2-3-8-12/h4,6-7,9,12H,3,8H2,1H3. The van der Waals surface area contributed by atoms with E-state index in [-0.39, 0.29) is 6.61 Å². The molecule has 0 radical (unpaired) electrons. The van der Waals surface area contributed by atoms with E-state index in [1.807, 2.05) is 24.3 Å². The topological polar surface area (TPSA) is 29.5 Å². The maximum Gasteiger partial charge on any atom is 0.120 e. The van der Waals surface area contributed by atoms with Gasteiger partial charge in [0.1, 0.15) is 5.75 Å². The molecule has 0 saturated heterocycles. The molecule has 0 fully saturated rings. The monoisotopic (exact) mass is 176 g/mol. The molecule has 0 aliphatic heterocycles. The van der Waals surface area contributed by atoms with Gasteiger partial charge in [-0.15, -0.1) is 0 Å². The maximum atomic E-state index is 8.52. The van der Waals surface area contributed by atoms with E-state index in [0.717, 1.165) is 11.3 Å². The Morgan fingerprint density at radius 1 is 1.46 bits per heavy atom. The normalized spacial score (nSPS) is 8.77. The number of hydrogen-bond donors (Lipinski definition) is 1. The van der Waals surface area contributed by atoms with Crippen LogP contribution in [-0.2, 0) is 0 Å². The molecule has 1 aromatic carbocycles. The van der Waals surface area contributed by atoms with Crippen molar-refractivity contribution >= 4 is 0 Å². The zero-order valence-electron chi connectivity index (χ0n) is 7.58. The molecule has 2 nitrogen and oxygen atoms in total. The van der Waals surface area contributed by atoms with Crippen LogP contribution in [0.25, 0.3) is 0 Å². The second-order valence-corrected chi connectivity index (χ2v) is 2.51. The van der Waals surface area contributed by atoms with E-state index in [1.54, 1.807) is 7.11 Å². The SMILES string of the molecule is COc1cccc(C#CCCO)c1. The van der Waals surface area contributed by atoms with Crippen LogP contribution in [0.4, 0.5) is 0 Å². The summed E-state index contributed by atoms with van der Waals surface area (Å²) < 4.78 is 5.04. The van der Waals surface area contributed by atoms with Crippen LogP contribution in [0, 0.1) is 11.8 Å². The Bertz CT molecular complexity index is 320. The summed E-state index contributed by atoms with van der Waals surface area (Å²) in [4.78, 5) is 0. The molecule has 68 valence electrons. The highest BCUT2D eigenvalue weighted by Crippen LogP contribution is 2.11. The third kappa shape index (κ3) is 3.18. The highest BCUT2D eigenvalue weighted by Gasteiger charge is 1.90. The van der Waals surface area contributed by atoms with Crippen molar-refractivity contribution in [3.05, 3.63) is 29.8 Å². The Hall–Kier alpha value is -1.46. The molecule has 1 rings (SSSR count). The number of aliphatic hydroxyl groups excluding tert-OH is 1. The van der Waals surface area contributed by atoms with Crippen molar-refractivity contribution < 1.29 is 9.84 Å². The van der Waals surface area contributed by atoms with Gasteiger partial charge in [-0.2, -0.15) is 0 Å². The van der Waals surface area contributed by atoms with Gasteiger partial charge < -0.3 is 9.84 Å². The Morgan fingerprint density at radius 3 is 3.00 bits per heavy atom. The van der Waals surface area contributed by atoms with Crippen LogP contribution < -0.4 is 4.74 Å². The summed E-state index contributed by atoms with van der Waals surface area (Å²) in [6, 6.07) is 7.54. The molecule has 0 heterocycles. The van der Waals surface area contributed by atoms with Crippen LogP contribution in [0.2, 0.25) is 0 Å². The van der Waals surface area contributed by atoms with Crippen LogP contribution in [0.15, 0.2) is 24.3 Å². The number of rotatable bonds is 2. The summed E-state index contributed by atoms with van der Waals surface area (Å²) in [7, 11) is 1.63. The average Bonchev–Trinajstić information content (AvgIpc) is 2.19. The highest BCUT2D eigenvalue weighted by atomic mass is 16.5. The van der Waals surface area contributed by atoms with Crippen LogP contribution in [-0.4, -0.2) is 18.8 Å². The lowest BCUT2D eigenvalue weighted by Gasteiger charge is -1.97. The van der Waals surface area contributed by atoms with Crippen LogP contribution >= 0.6 is 0 Å². The van der Waals surface area contributed by atoms with Gasteiger partial charge in [-0.05, 0) is 18.2 Å². The van der Waals surface area contributed by atoms with Crippen molar-refractivity contribution in [3.63, 3.8) is 0 Å². The molecule has 0 aliphatic rings. The van der Waals surface area contributed by atoms with Gasteiger partial charge >= 0.3 is 0 Å². The minimum atomic E-state index is 0.108. The largest absolute Gasteiger partial charge is 0.497 e. The number of methoxy groups -OCH3 is 1. The average molecular weight is 176 g/mol. The molecule has 0 spiro atoms. The van der Waals surface area contributed by atoms with E-state index in [0.29, 0.717) is 6.42 Å². The van der Waals surface area contributed by atoms with Crippen molar-refractivity contribution in [3.8, 4) is 17.6 Å². The summed E-state index contributed by atoms with van der Waals surface area (Å²) in [5, 5.41) is 8.52. The lowest BCUT2D eigenvalue weighted by molar-refractivity contribution is 0.305. The van der Waals surface area contributed by atoms with E-state index in [1.165, 1.54) is 0 Å². The quantitative estimate of drug-likeness (QED) is 0.691. The maximum absolute atomic E-state index is 8.52. The Morgan fingerprint density at radius 2 is 2.31 bits per heavy atom. The molecule has 13 heavy (non-hydrogen) atoms. The van der Waals surface area contributed by atoms with Gasteiger partial charge in [0.2, 0.25) is 0 Å². The first-order valence-corrected chi connectivity index (χ1v) is 4.10. The molecule has 0 amide bonds. The first-order chi connectivity index (χ1) is 6.36. The van der Waals surface area contributed by atoms with Gasteiger partial charge in [0.15, 0.2) is 0 Å². The number of benzene rings is 1. The summed E-state index contributed by atoms with van der Waals surface area (Å²) in [6.07, 6.45) is 0.511. The molecule has 0 bridgehead atoms. The second kappa shape index (κ2) is 5.23. The minimum Gasteiger partial charge on any atom is -0.497 e. The molecule has 0 saturated carbocycles. The van der Waals surface area contributed by atoms with Crippen molar-refractivity contribution in [2.45, 2.75) is 6.42 Å². The van der Waals surface area contributed by atoms with E-state index in [4.69, 9.17) is 9.84 Å². The predicted octanol–water partition coefficient (Wildman–Crippen LogP) is 1.43. The van der Waals surface area contributed by atoms with Gasteiger partial charge in [0.25, 0.3) is 0 Å². The van der Waals surface area contributed by atoms with E-state index in [9.17, 15) is 0 Å². The fourth-order valence-electron chi connectivity index (χ4n) is 0.921. The van der Waals surface area contributed by atoms with Crippen molar-refractivity contribution in [1.82, 2.24) is 0 Å². The van der Waals surface area contributed by atoms with Gasteiger partial charge in [0.05, 0.1) is 13.7 Å². The summed E-state index contributed by atoms with van der Waals surface area (Å²) in [5.41, 5.74) is 0.910. The van der Waals surface area contributed by atoms with Crippen molar-refractivity contribution in [2.24, 2.45) is 0 Å². The lowest BCUT2D eigenvalue weighted by Crippen LogP contribution is -1.83. The summed E-state index contributed by atoms with van der Waals surface area (Å²) in [5.74, 6) is 6.58. The van der Waals surface area contributed by atoms with E-state index < -0.39 is 0 Å². The first kappa shape index (κ1) is 9.63. The van der Waals surface area contributed by atoms with Gasteiger partial charge in [0, 0.05) is 12.0 Å². The van der Waals surface area contributed by atoms with E-state index >= 15 is 0 Å².